The molecule has 4 aromatic carbocycles. The van der Waals surface area contributed by atoms with E-state index in [0.29, 0.717) is 18.9 Å². The number of ether oxygens (including phenoxy) is 4. The topological polar surface area (TPSA) is 58.5 Å². The van der Waals surface area contributed by atoms with E-state index in [9.17, 15) is 0 Å². The second-order valence-electron chi connectivity index (χ2n) is 10.0. The first-order valence-corrected chi connectivity index (χ1v) is 14.9. The van der Waals surface area contributed by atoms with E-state index < -0.39 is 26.8 Å². The standard InChI is InChI=1S/C33H30NO5P/c1-5-13-23(14-6-1)21-28-34-29-31(39-40(25-17-9-3-10-18-25)26-19-11-4-12-20-26)30-27(36-33(29)37-28)22-35-32(38-30)24-15-7-2-8-16-24/h1-20,27,29-33H,21-22H2/t27-,29-,30-,31-,32-,33-/m1/s1. The average molecular weight is 552 g/mol. The summed E-state index contributed by atoms with van der Waals surface area (Å²) in [6.45, 7) is 0.374. The van der Waals surface area contributed by atoms with Crippen molar-refractivity contribution in [3.8, 4) is 0 Å². The third-order valence-electron chi connectivity index (χ3n) is 7.33. The lowest BCUT2D eigenvalue weighted by Gasteiger charge is -2.47. The first kappa shape index (κ1) is 25.6. The number of aliphatic imine (C=N–C) groups is 1. The van der Waals surface area contributed by atoms with Crippen LogP contribution in [0.1, 0.15) is 17.4 Å². The number of fused-ring (bicyclic) bond motifs is 2. The lowest BCUT2D eigenvalue weighted by atomic mass is 9.96. The molecule has 3 heterocycles. The van der Waals surface area contributed by atoms with Gasteiger partial charge in [-0.1, -0.05) is 121 Å². The molecule has 0 spiro atoms. The van der Waals surface area contributed by atoms with Crippen LogP contribution in [0, 0.1) is 0 Å². The molecule has 0 N–H and O–H groups in total. The number of hydrogen-bond acceptors (Lipinski definition) is 6. The summed E-state index contributed by atoms with van der Waals surface area (Å²) in [6, 6.07) is 40.6. The summed E-state index contributed by atoms with van der Waals surface area (Å²) >= 11 is 0. The monoisotopic (exact) mass is 551 g/mol. The van der Waals surface area contributed by atoms with Gasteiger partial charge in [-0.2, -0.15) is 0 Å². The molecule has 0 amide bonds. The van der Waals surface area contributed by atoms with Crippen LogP contribution >= 0.6 is 8.15 Å². The number of nitrogens with zero attached hydrogens (tertiary/aromatic N) is 1. The van der Waals surface area contributed by atoms with Crippen molar-refractivity contribution in [3.05, 3.63) is 132 Å². The highest BCUT2D eigenvalue weighted by atomic mass is 31.1. The summed E-state index contributed by atoms with van der Waals surface area (Å²) in [7, 11) is -1.16. The van der Waals surface area contributed by atoms with Crippen molar-refractivity contribution >= 4 is 24.7 Å². The maximum Gasteiger partial charge on any atom is 0.227 e. The van der Waals surface area contributed by atoms with Crippen molar-refractivity contribution in [1.82, 2.24) is 0 Å². The minimum absolute atomic E-state index is 0.346. The maximum absolute atomic E-state index is 7.15. The van der Waals surface area contributed by atoms with E-state index in [0.717, 1.165) is 21.7 Å². The Morgan fingerprint density at radius 2 is 1.32 bits per heavy atom. The molecule has 0 bridgehead atoms. The van der Waals surface area contributed by atoms with Gasteiger partial charge in [-0.3, -0.25) is 0 Å². The molecule has 2 saturated heterocycles. The van der Waals surface area contributed by atoms with Crippen molar-refractivity contribution in [3.63, 3.8) is 0 Å². The van der Waals surface area contributed by atoms with Crippen molar-refractivity contribution in [2.75, 3.05) is 6.61 Å². The summed E-state index contributed by atoms with van der Waals surface area (Å²) in [5.74, 6) is 0.651. The van der Waals surface area contributed by atoms with Gasteiger partial charge in [0.05, 0.1) is 14.8 Å². The van der Waals surface area contributed by atoms with Gasteiger partial charge in [-0.15, -0.1) is 0 Å². The van der Waals surface area contributed by atoms with Crippen LogP contribution in [0.2, 0.25) is 0 Å². The van der Waals surface area contributed by atoms with Crippen LogP contribution in [0.3, 0.4) is 0 Å². The van der Waals surface area contributed by atoms with E-state index >= 15 is 0 Å². The molecule has 3 aliphatic heterocycles. The molecule has 6 atom stereocenters. The van der Waals surface area contributed by atoms with Crippen LogP contribution in [0.4, 0.5) is 0 Å². The first-order chi connectivity index (χ1) is 19.8. The fraction of sp³-hybridized carbons (Fsp3) is 0.242. The molecule has 7 rings (SSSR count). The highest BCUT2D eigenvalue weighted by Gasteiger charge is 2.54. The first-order valence-electron chi connectivity index (χ1n) is 13.6. The van der Waals surface area contributed by atoms with Crippen LogP contribution in [0.25, 0.3) is 0 Å². The van der Waals surface area contributed by atoms with Gasteiger partial charge in [0.1, 0.15) is 24.4 Å². The molecule has 0 aromatic heterocycles. The fourth-order valence-corrected chi connectivity index (χ4v) is 7.32. The van der Waals surface area contributed by atoms with Crippen molar-refractivity contribution in [2.45, 2.75) is 43.4 Å². The molecule has 202 valence electrons. The quantitative estimate of drug-likeness (QED) is 0.292. The Morgan fingerprint density at radius 3 is 1.98 bits per heavy atom. The van der Waals surface area contributed by atoms with Gasteiger partial charge >= 0.3 is 0 Å². The van der Waals surface area contributed by atoms with Gasteiger partial charge in [0.25, 0.3) is 0 Å². The Labute approximate surface area is 235 Å². The Hall–Kier alpha value is -3.38. The molecular weight excluding hydrogens is 521 g/mol. The van der Waals surface area contributed by atoms with E-state index in [2.05, 4.69) is 60.7 Å². The highest BCUT2D eigenvalue weighted by Crippen LogP contribution is 2.45. The van der Waals surface area contributed by atoms with Crippen LogP contribution in [-0.2, 0) is 29.9 Å². The fourth-order valence-electron chi connectivity index (χ4n) is 5.40. The predicted octanol–water partition coefficient (Wildman–Crippen LogP) is 5.30. The molecule has 4 aromatic rings. The minimum Gasteiger partial charge on any atom is -0.449 e. The zero-order valence-corrected chi connectivity index (χ0v) is 22.8. The van der Waals surface area contributed by atoms with Crippen LogP contribution in [0.5, 0.6) is 0 Å². The van der Waals surface area contributed by atoms with Crippen molar-refractivity contribution in [1.29, 1.82) is 0 Å². The van der Waals surface area contributed by atoms with Gasteiger partial charge in [0, 0.05) is 22.6 Å². The molecule has 40 heavy (non-hydrogen) atoms. The molecule has 0 aliphatic carbocycles. The maximum atomic E-state index is 7.15. The molecule has 2 fully saturated rings. The SMILES string of the molecule is c1ccc(CC2=N[C@H]3[C@@H](O2)O[C@@H]2CO[C@@H](c4ccccc4)O[C@H]2[C@@H]3OP(c2ccccc2)c2ccccc2)cc1. The summed E-state index contributed by atoms with van der Waals surface area (Å²) in [5.41, 5.74) is 2.10. The summed E-state index contributed by atoms with van der Waals surface area (Å²) in [4.78, 5) is 5.05. The van der Waals surface area contributed by atoms with Crippen LogP contribution in [0.15, 0.2) is 126 Å². The Morgan fingerprint density at radius 1 is 0.725 bits per heavy atom. The van der Waals surface area contributed by atoms with Gasteiger partial charge in [0.15, 0.2) is 12.2 Å². The number of rotatable bonds is 7. The van der Waals surface area contributed by atoms with E-state index in [1.807, 2.05) is 60.7 Å². The van der Waals surface area contributed by atoms with Crippen LogP contribution < -0.4 is 10.6 Å². The number of hydrogen-bond donors (Lipinski definition) is 0. The predicted molar refractivity (Wildman–Crippen MR) is 155 cm³/mol. The van der Waals surface area contributed by atoms with Gasteiger partial charge in [-0.25, -0.2) is 4.99 Å². The smallest absolute Gasteiger partial charge is 0.227 e. The van der Waals surface area contributed by atoms with E-state index in [4.69, 9.17) is 28.5 Å². The lowest BCUT2D eigenvalue weighted by Crippen LogP contribution is -2.61. The Kier molecular flexibility index (Phi) is 7.43. The molecule has 0 radical (unpaired) electrons. The largest absolute Gasteiger partial charge is 0.449 e. The van der Waals surface area contributed by atoms with E-state index in [-0.39, 0.29) is 18.2 Å². The third-order valence-corrected chi connectivity index (χ3v) is 9.32. The van der Waals surface area contributed by atoms with Crippen LogP contribution in [-0.4, -0.2) is 43.1 Å². The average Bonchev–Trinajstić information content (AvgIpc) is 3.42. The highest BCUT2D eigenvalue weighted by molar-refractivity contribution is 7.68. The second-order valence-corrected chi connectivity index (χ2v) is 11.9. The molecule has 7 heteroatoms. The van der Waals surface area contributed by atoms with E-state index in [1.54, 1.807) is 0 Å². The van der Waals surface area contributed by atoms with E-state index in [1.165, 1.54) is 0 Å². The zero-order valence-electron chi connectivity index (χ0n) is 21.9. The summed E-state index contributed by atoms with van der Waals surface area (Å²) in [6.07, 6.45) is -1.62. The van der Waals surface area contributed by atoms with Crippen molar-refractivity contribution < 1.29 is 23.5 Å². The third kappa shape index (κ3) is 5.34. The lowest BCUT2D eigenvalue weighted by molar-refractivity contribution is -0.326. The minimum atomic E-state index is -1.16. The van der Waals surface area contributed by atoms with Crippen molar-refractivity contribution in [2.24, 2.45) is 4.99 Å². The van der Waals surface area contributed by atoms with Gasteiger partial charge < -0.3 is 23.5 Å². The second kappa shape index (κ2) is 11.6. The zero-order chi connectivity index (χ0) is 26.7. The molecular formula is C33H30NO5P. The van der Waals surface area contributed by atoms with Gasteiger partial charge in [0.2, 0.25) is 6.29 Å². The summed E-state index contributed by atoms with van der Waals surface area (Å²) < 4.78 is 32.6. The molecule has 0 saturated carbocycles. The molecule has 6 nitrogen and oxygen atoms in total. The van der Waals surface area contributed by atoms with Gasteiger partial charge in [-0.05, 0) is 5.56 Å². The normalized spacial score (nSPS) is 27.4. The Bertz CT molecular complexity index is 1380. The molecule has 0 unspecified atom stereocenters. The number of benzene rings is 4. The summed E-state index contributed by atoms with van der Waals surface area (Å²) in [5, 5.41) is 2.25. The Balaban J connectivity index is 1.24. The molecule has 3 aliphatic rings.